The van der Waals surface area contributed by atoms with Crippen LogP contribution >= 0.6 is 0 Å². The van der Waals surface area contributed by atoms with E-state index >= 15 is 0 Å². The quantitative estimate of drug-likeness (QED) is 0.759. The number of nitrogens with one attached hydrogen (secondary N) is 2. The number of likely N-dealkylation sites (N-methyl/N-ethyl adjacent to an activating group) is 1. The second-order valence-electron chi connectivity index (χ2n) is 4.08. The highest BCUT2D eigenvalue weighted by Gasteiger charge is 2.24. The molecule has 0 saturated heterocycles. The molecule has 0 fully saturated rings. The first kappa shape index (κ1) is 11.1. The molecule has 3 nitrogen and oxygen atoms in total. The lowest BCUT2D eigenvalue weighted by Gasteiger charge is -2.14. The number of fused-ring (bicyclic) bond motifs is 1. The fraction of sp³-hybridized carbons (Fsp3) is 0.417. The Morgan fingerprint density at radius 1 is 1.69 bits per heavy atom. The van der Waals surface area contributed by atoms with Crippen LogP contribution in [0.5, 0.6) is 0 Å². The molecule has 1 aliphatic heterocycles. The van der Waals surface area contributed by atoms with Crippen molar-refractivity contribution in [3.05, 3.63) is 29.6 Å². The van der Waals surface area contributed by atoms with Gasteiger partial charge in [0.25, 0.3) is 0 Å². The van der Waals surface area contributed by atoms with Crippen molar-refractivity contribution in [2.24, 2.45) is 0 Å². The first-order valence-corrected chi connectivity index (χ1v) is 5.40. The molecule has 2 unspecified atom stereocenters. The zero-order valence-electron chi connectivity index (χ0n) is 9.16. The van der Waals surface area contributed by atoms with Crippen LogP contribution in [0.4, 0.5) is 10.1 Å². The predicted molar refractivity (Wildman–Crippen MR) is 61.2 cm³/mol. The Balaban J connectivity index is 2.14. The monoisotopic (exact) mass is 222 g/mol. The van der Waals surface area contributed by atoms with Gasteiger partial charge in [0.1, 0.15) is 12.1 Å². The summed E-state index contributed by atoms with van der Waals surface area (Å²) in [7, 11) is 1.77. The number of halogens is 1. The van der Waals surface area contributed by atoms with E-state index in [1.54, 1.807) is 13.1 Å². The Labute approximate surface area is 94.0 Å². The lowest BCUT2D eigenvalue weighted by molar-refractivity contribution is -0.109. The first-order chi connectivity index (χ1) is 7.74. The minimum Gasteiger partial charge on any atom is -0.384 e. The Morgan fingerprint density at radius 2 is 2.50 bits per heavy atom. The van der Waals surface area contributed by atoms with Gasteiger partial charge in [0.05, 0.1) is 6.04 Å². The topological polar surface area (TPSA) is 41.1 Å². The third-order valence-electron chi connectivity index (χ3n) is 3.07. The molecule has 2 N–H and O–H groups in total. The number of benzene rings is 1. The van der Waals surface area contributed by atoms with E-state index in [4.69, 9.17) is 0 Å². The third kappa shape index (κ3) is 2.07. The second-order valence-corrected chi connectivity index (χ2v) is 4.08. The molecule has 86 valence electrons. The summed E-state index contributed by atoms with van der Waals surface area (Å²) in [6.07, 6.45) is 1.66. The smallest absolute Gasteiger partial charge is 0.136 e. The molecule has 0 bridgehead atoms. The molecule has 2 atom stereocenters. The molecule has 2 rings (SSSR count). The summed E-state index contributed by atoms with van der Waals surface area (Å²) in [5.41, 5.74) is 1.95. The Kier molecular flexibility index (Phi) is 3.19. The third-order valence-corrected chi connectivity index (χ3v) is 3.07. The van der Waals surface area contributed by atoms with Crippen molar-refractivity contribution in [2.45, 2.75) is 18.4 Å². The van der Waals surface area contributed by atoms with Crippen molar-refractivity contribution in [3.8, 4) is 0 Å². The maximum absolute atomic E-state index is 13.0. The highest BCUT2D eigenvalue weighted by Crippen LogP contribution is 2.34. The van der Waals surface area contributed by atoms with Crippen molar-refractivity contribution < 1.29 is 9.18 Å². The Hall–Kier alpha value is -1.42. The Morgan fingerprint density at radius 3 is 3.19 bits per heavy atom. The fourth-order valence-electron chi connectivity index (χ4n) is 2.14. The van der Waals surface area contributed by atoms with E-state index in [0.717, 1.165) is 30.5 Å². The molecule has 0 saturated carbocycles. The highest BCUT2D eigenvalue weighted by molar-refractivity contribution is 5.61. The zero-order valence-corrected chi connectivity index (χ0v) is 9.16. The number of rotatable bonds is 4. The summed E-state index contributed by atoms with van der Waals surface area (Å²) >= 11 is 0. The van der Waals surface area contributed by atoms with Crippen molar-refractivity contribution in [3.63, 3.8) is 0 Å². The number of anilines is 1. The van der Waals surface area contributed by atoms with Gasteiger partial charge >= 0.3 is 0 Å². The van der Waals surface area contributed by atoms with Crippen molar-refractivity contribution in [2.75, 3.05) is 18.9 Å². The largest absolute Gasteiger partial charge is 0.384 e. The van der Waals surface area contributed by atoms with Crippen LogP contribution in [0.25, 0.3) is 0 Å². The molecule has 0 radical (unpaired) electrons. The summed E-state index contributed by atoms with van der Waals surface area (Å²) in [5.74, 6) is 0.0469. The van der Waals surface area contributed by atoms with Gasteiger partial charge in [-0.1, -0.05) is 6.07 Å². The standard InChI is InChI=1S/C12H15FN2O/c1-14-10(7-16)4-8-6-15-12-5-9(13)2-3-11(8)12/h2-3,5,7-8,10,14-15H,4,6H2,1H3. The maximum Gasteiger partial charge on any atom is 0.136 e. The van der Waals surface area contributed by atoms with E-state index in [2.05, 4.69) is 10.6 Å². The molecule has 0 aliphatic carbocycles. The van der Waals surface area contributed by atoms with E-state index in [1.807, 2.05) is 0 Å². The average molecular weight is 222 g/mol. The van der Waals surface area contributed by atoms with Gasteiger partial charge in [-0.3, -0.25) is 0 Å². The molecule has 1 heterocycles. The molecule has 0 aromatic heterocycles. The normalized spacial score (nSPS) is 20.0. The van der Waals surface area contributed by atoms with E-state index in [9.17, 15) is 9.18 Å². The van der Waals surface area contributed by atoms with Gasteiger partial charge in [0, 0.05) is 18.2 Å². The molecule has 1 aliphatic rings. The van der Waals surface area contributed by atoms with Crippen molar-refractivity contribution in [1.29, 1.82) is 0 Å². The van der Waals surface area contributed by atoms with Gasteiger partial charge in [0.2, 0.25) is 0 Å². The van der Waals surface area contributed by atoms with Gasteiger partial charge in [-0.05, 0) is 31.2 Å². The minimum absolute atomic E-state index is 0.136. The van der Waals surface area contributed by atoms with Crippen LogP contribution in [0.15, 0.2) is 18.2 Å². The van der Waals surface area contributed by atoms with Crippen LogP contribution in [-0.4, -0.2) is 25.9 Å². The van der Waals surface area contributed by atoms with Crippen LogP contribution in [0.3, 0.4) is 0 Å². The van der Waals surface area contributed by atoms with Gasteiger partial charge < -0.3 is 15.4 Å². The fourth-order valence-corrected chi connectivity index (χ4v) is 2.14. The average Bonchev–Trinajstić information content (AvgIpc) is 2.68. The molecule has 0 spiro atoms. The van der Waals surface area contributed by atoms with E-state index < -0.39 is 0 Å². The van der Waals surface area contributed by atoms with Gasteiger partial charge in [-0.2, -0.15) is 0 Å². The van der Waals surface area contributed by atoms with E-state index in [0.29, 0.717) is 0 Å². The van der Waals surface area contributed by atoms with Gasteiger partial charge in [-0.25, -0.2) is 4.39 Å². The van der Waals surface area contributed by atoms with Crippen LogP contribution in [0.1, 0.15) is 17.9 Å². The minimum atomic E-state index is -0.229. The van der Waals surface area contributed by atoms with Crippen LogP contribution in [-0.2, 0) is 4.79 Å². The summed E-state index contributed by atoms with van der Waals surface area (Å²) in [6.45, 7) is 0.769. The van der Waals surface area contributed by atoms with Crippen LogP contribution in [0, 0.1) is 5.82 Å². The maximum atomic E-state index is 13.0. The molecule has 0 amide bonds. The molecular formula is C12H15FN2O. The second kappa shape index (κ2) is 4.61. The molecule has 16 heavy (non-hydrogen) atoms. The van der Waals surface area contributed by atoms with E-state index in [1.165, 1.54) is 12.1 Å². The predicted octanol–water partition coefficient (Wildman–Crippen LogP) is 1.51. The van der Waals surface area contributed by atoms with Crippen LogP contribution < -0.4 is 10.6 Å². The summed E-state index contributed by atoms with van der Waals surface area (Å²) in [6, 6.07) is 4.63. The first-order valence-electron chi connectivity index (χ1n) is 5.40. The molecule has 4 heteroatoms. The molecular weight excluding hydrogens is 207 g/mol. The summed E-state index contributed by atoms with van der Waals surface area (Å²) in [4.78, 5) is 10.7. The van der Waals surface area contributed by atoms with Gasteiger partial charge in [-0.15, -0.1) is 0 Å². The number of aldehydes is 1. The number of hydrogen-bond acceptors (Lipinski definition) is 3. The van der Waals surface area contributed by atoms with Crippen LogP contribution in [0.2, 0.25) is 0 Å². The number of hydrogen-bond donors (Lipinski definition) is 2. The highest BCUT2D eigenvalue weighted by atomic mass is 19.1. The zero-order chi connectivity index (χ0) is 11.5. The van der Waals surface area contributed by atoms with E-state index in [-0.39, 0.29) is 17.8 Å². The lowest BCUT2D eigenvalue weighted by atomic mass is 9.94. The van der Waals surface area contributed by atoms with Crippen molar-refractivity contribution >= 4 is 12.0 Å². The lowest BCUT2D eigenvalue weighted by Crippen LogP contribution is -2.29. The summed E-state index contributed by atoms with van der Waals surface area (Å²) < 4.78 is 13.0. The molecule has 1 aromatic carbocycles. The summed E-state index contributed by atoms with van der Waals surface area (Å²) in [5, 5.41) is 6.11. The van der Waals surface area contributed by atoms with Gasteiger partial charge in [0.15, 0.2) is 0 Å². The number of carbonyl (C=O) groups is 1. The SMILES string of the molecule is CNC(C=O)CC1CNc2cc(F)ccc21. The van der Waals surface area contributed by atoms with Crippen molar-refractivity contribution in [1.82, 2.24) is 5.32 Å². The molecule has 1 aromatic rings. The number of carbonyl (C=O) groups excluding carboxylic acids is 1. The Bertz CT molecular complexity index is 395.